The maximum atomic E-state index is 12.4. The topological polar surface area (TPSA) is 60.7 Å². The number of halogens is 1. The van der Waals surface area contributed by atoms with Crippen molar-refractivity contribution in [2.75, 3.05) is 0 Å². The Morgan fingerprint density at radius 2 is 2.10 bits per heavy atom. The lowest BCUT2D eigenvalue weighted by atomic mass is 10.1. The van der Waals surface area contributed by atoms with Gasteiger partial charge in [-0.05, 0) is 50.3 Å². The molecule has 2 aromatic rings. The molecule has 0 aliphatic rings. The summed E-state index contributed by atoms with van der Waals surface area (Å²) in [6.45, 7) is 7.88. The molecule has 0 amide bonds. The van der Waals surface area contributed by atoms with Crippen LogP contribution in [-0.4, -0.2) is 31.2 Å². The van der Waals surface area contributed by atoms with E-state index in [-0.39, 0.29) is 16.6 Å². The van der Waals surface area contributed by atoms with Crippen LogP contribution >= 0.6 is 23.4 Å². The minimum atomic E-state index is -0.296. The fourth-order valence-electron chi connectivity index (χ4n) is 1.76. The van der Waals surface area contributed by atoms with Gasteiger partial charge in [-0.25, -0.2) is 4.68 Å². The Kier molecular flexibility index (Phi) is 4.68. The minimum Gasteiger partial charge on any atom is -0.293 e. The molecule has 0 aliphatic heterocycles. The van der Waals surface area contributed by atoms with Crippen LogP contribution in [0.4, 0.5) is 0 Å². The summed E-state index contributed by atoms with van der Waals surface area (Å²) in [5, 5.41) is 12.6. The third-order valence-electron chi connectivity index (χ3n) is 2.84. The number of tetrazole rings is 1. The first-order valence-electron chi connectivity index (χ1n) is 6.54. The Balaban J connectivity index is 2.17. The van der Waals surface area contributed by atoms with Crippen LogP contribution in [0, 0.1) is 0 Å². The average Bonchev–Trinajstić information content (AvgIpc) is 2.86. The Labute approximate surface area is 133 Å². The molecule has 0 radical (unpaired) electrons. The van der Waals surface area contributed by atoms with Gasteiger partial charge in [-0.3, -0.25) is 4.79 Å². The molecule has 0 saturated carbocycles. The molecule has 5 nitrogen and oxygen atoms in total. The Morgan fingerprint density at radius 1 is 1.38 bits per heavy atom. The van der Waals surface area contributed by atoms with Crippen LogP contribution in [0.5, 0.6) is 0 Å². The average molecular weight is 325 g/mol. The molecule has 112 valence electrons. The van der Waals surface area contributed by atoms with Gasteiger partial charge in [0.25, 0.3) is 0 Å². The highest BCUT2D eigenvalue weighted by atomic mass is 35.5. The minimum absolute atomic E-state index is 0.00552. The van der Waals surface area contributed by atoms with Crippen LogP contribution in [0.25, 0.3) is 0 Å². The summed E-state index contributed by atoms with van der Waals surface area (Å²) in [7, 11) is 0. The van der Waals surface area contributed by atoms with Crippen LogP contribution in [0.2, 0.25) is 5.02 Å². The summed E-state index contributed by atoms with van der Waals surface area (Å²) in [6, 6.07) is 6.95. The highest BCUT2D eigenvalue weighted by molar-refractivity contribution is 8.00. The van der Waals surface area contributed by atoms with Gasteiger partial charge in [0, 0.05) is 10.6 Å². The van der Waals surface area contributed by atoms with E-state index in [1.807, 2.05) is 27.7 Å². The third kappa shape index (κ3) is 3.83. The van der Waals surface area contributed by atoms with Crippen LogP contribution in [0.15, 0.2) is 29.4 Å². The Bertz CT molecular complexity index is 650. The zero-order valence-electron chi connectivity index (χ0n) is 12.4. The number of aromatic nitrogens is 4. The van der Waals surface area contributed by atoms with Gasteiger partial charge in [-0.15, -0.1) is 5.10 Å². The predicted molar refractivity (Wildman–Crippen MR) is 83.9 cm³/mol. The number of thioether (sulfide) groups is 1. The van der Waals surface area contributed by atoms with Gasteiger partial charge >= 0.3 is 0 Å². The first-order chi connectivity index (χ1) is 9.79. The monoisotopic (exact) mass is 324 g/mol. The summed E-state index contributed by atoms with van der Waals surface area (Å²) < 4.78 is 1.72. The molecule has 7 heteroatoms. The van der Waals surface area contributed by atoms with Gasteiger partial charge in [0.2, 0.25) is 5.16 Å². The lowest BCUT2D eigenvalue weighted by molar-refractivity contribution is 0.0993. The molecule has 21 heavy (non-hydrogen) atoms. The van der Waals surface area contributed by atoms with E-state index in [1.165, 1.54) is 11.8 Å². The summed E-state index contributed by atoms with van der Waals surface area (Å²) in [5.74, 6) is 0.00552. The maximum absolute atomic E-state index is 12.4. The number of carbonyl (C=O) groups is 1. The van der Waals surface area contributed by atoms with Crippen molar-refractivity contribution in [3.8, 4) is 0 Å². The van der Waals surface area contributed by atoms with Crippen molar-refractivity contribution in [2.24, 2.45) is 0 Å². The van der Waals surface area contributed by atoms with Crippen molar-refractivity contribution in [1.29, 1.82) is 0 Å². The number of benzene rings is 1. The Morgan fingerprint density at radius 3 is 2.71 bits per heavy atom. The second kappa shape index (κ2) is 6.15. The fourth-order valence-corrected chi connectivity index (χ4v) is 3.01. The van der Waals surface area contributed by atoms with E-state index in [2.05, 4.69) is 15.5 Å². The number of Topliss-reactive ketones (excluding diaryl/α,β-unsaturated/α-hetero) is 1. The molecule has 1 aromatic carbocycles. The van der Waals surface area contributed by atoms with Crippen molar-refractivity contribution in [3.05, 3.63) is 34.9 Å². The summed E-state index contributed by atoms with van der Waals surface area (Å²) in [6.07, 6.45) is 0. The molecule has 0 unspecified atom stereocenters. The smallest absolute Gasteiger partial charge is 0.210 e. The Hall–Kier alpha value is -1.40. The second-order valence-corrected chi connectivity index (χ2v) is 7.42. The van der Waals surface area contributed by atoms with Crippen LogP contribution in [0.3, 0.4) is 0 Å². The van der Waals surface area contributed by atoms with E-state index < -0.39 is 0 Å². The SMILES string of the molecule is C[C@@H](Sc1nnnn1C(C)(C)C)C(=O)c1cccc(Cl)c1. The molecular formula is C14H17ClN4OS. The van der Waals surface area contributed by atoms with Gasteiger partial charge in [-0.2, -0.15) is 0 Å². The summed E-state index contributed by atoms with van der Waals surface area (Å²) in [4.78, 5) is 12.4. The summed E-state index contributed by atoms with van der Waals surface area (Å²) >= 11 is 7.27. The molecular weight excluding hydrogens is 308 g/mol. The van der Waals surface area contributed by atoms with E-state index in [0.717, 1.165) is 0 Å². The standard InChI is InChI=1S/C14H17ClN4OS/c1-9(12(20)10-6-5-7-11(15)8-10)21-13-16-17-18-19(13)14(2,3)4/h5-9H,1-4H3/t9-/m1/s1. The van der Waals surface area contributed by atoms with E-state index in [4.69, 9.17) is 11.6 Å². The molecule has 0 saturated heterocycles. The highest BCUT2D eigenvalue weighted by Crippen LogP contribution is 2.27. The zero-order chi connectivity index (χ0) is 15.6. The maximum Gasteiger partial charge on any atom is 0.210 e. The van der Waals surface area contributed by atoms with Gasteiger partial charge in [0.15, 0.2) is 5.78 Å². The molecule has 1 aromatic heterocycles. The number of hydrogen-bond acceptors (Lipinski definition) is 5. The number of ketones is 1. The predicted octanol–water partition coefficient (Wildman–Crippen LogP) is 3.45. The van der Waals surface area contributed by atoms with Crippen molar-refractivity contribution in [2.45, 2.75) is 43.6 Å². The van der Waals surface area contributed by atoms with Crippen LogP contribution in [-0.2, 0) is 5.54 Å². The molecule has 2 rings (SSSR count). The van der Waals surface area contributed by atoms with E-state index in [9.17, 15) is 4.79 Å². The van der Waals surface area contributed by atoms with E-state index >= 15 is 0 Å². The normalized spacial score (nSPS) is 13.2. The fraction of sp³-hybridized carbons (Fsp3) is 0.429. The van der Waals surface area contributed by atoms with E-state index in [1.54, 1.807) is 28.9 Å². The quantitative estimate of drug-likeness (QED) is 0.637. The number of carbonyl (C=O) groups excluding carboxylic acids is 1. The van der Waals surface area contributed by atoms with Gasteiger partial charge in [0.1, 0.15) is 0 Å². The van der Waals surface area contributed by atoms with Crippen molar-refractivity contribution >= 4 is 29.1 Å². The number of hydrogen-bond donors (Lipinski definition) is 0. The zero-order valence-corrected chi connectivity index (χ0v) is 13.9. The highest BCUT2D eigenvalue weighted by Gasteiger charge is 2.24. The van der Waals surface area contributed by atoms with Crippen LogP contribution in [0.1, 0.15) is 38.1 Å². The van der Waals surface area contributed by atoms with E-state index in [0.29, 0.717) is 15.7 Å². The molecule has 0 aliphatic carbocycles. The van der Waals surface area contributed by atoms with Crippen molar-refractivity contribution < 1.29 is 4.79 Å². The molecule has 0 spiro atoms. The van der Waals surface area contributed by atoms with Crippen LogP contribution < -0.4 is 0 Å². The number of rotatable bonds is 4. The first-order valence-corrected chi connectivity index (χ1v) is 7.80. The lowest BCUT2D eigenvalue weighted by Gasteiger charge is -2.20. The molecule has 1 atom stereocenters. The molecule has 0 N–H and O–H groups in total. The van der Waals surface area contributed by atoms with Gasteiger partial charge < -0.3 is 0 Å². The lowest BCUT2D eigenvalue weighted by Crippen LogP contribution is -2.25. The first kappa shape index (κ1) is 16.0. The van der Waals surface area contributed by atoms with Gasteiger partial charge in [-0.1, -0.05) is 35.5 Å². The molecule has 1 heterocycles. The third-order valence-corrected chi connectivity index (χ3v) is 4.10. The molecule has 0 fully saturated rings. The summed E-state index contributed by atoms with van der Waals surface area (Å²) in [5.41, 5.74) is 0.363. The van der Waals surface area contributed by atoms with Crippen molar-refractivity contribution in [3.63, 3.8) is 0 Å². The van der Waals surface area contributed by atoms with Gasteiger partial charge in [0.05, 0.1) is 10.8 Å². The largest absolute Gasteiger partial charge is 0.293 e. The molecule has 0 bridgehead atoms. The second-order valence-electron chi connectivity index (χ2n) is 5.68. The van der Waals surface area contributed by atoms with Crippen molar-refractivity contribution in [1.82, 2.24) is 20.2 Å². The number of nitrogens with zero attached hydrogens (tertiary/aromatic N) is 4.